The monoisotopic (exact) mass is 409 g/mol. The Balaban J connectivity index is 1.62. The molecule has 1 aliphatic rings. The van der Waals surface area contributed by atoms with E-state index in [1.54, 1.807) is 28.0 Å². The molecule has 0 radical (unpaired) electrons. The fourth-order valence-corrected chi connectivity index (χ4v) is 2.95. The number of nitrogens with one attached hydrogen (secondary N) is 1. The summed E-state index contributed by atoms with van der Waals surface area (Å²) in [6.45, 7) is 3.23. The molecule has 0 unspecified atom stereocenters. The first-order chi connectivity index (χ1) is 13.4. The maximum absolute atomic E-state index is 12.1. The van der Waals surface area contributed by atoms with Crippen molar-refractivity contribution >= 4 is 35.3 Å². The minimum atomic E-state index is -0.608. The zero-order valence-electron chi connectivity index (χ0n) is 15.8. The summed E-state index contributed by atoms with van der Waals surface area (Å²) in [5.74, 6) is -1.23. The first-order valence-electron chi connectivity index (χ1n) is 9.06. The Bertz CT molecular complexity index is 732. The SMILES string of the molecule is CC(=O)N1CCN(C(=O)CCC(=O)OCC(=O)NCc2ccccc2Cl)CC1. The van der Waals surface area contributed by atoms with Gasteiger partial charge >= 0.3 is 5.97 Å². The lowest BCUT2D eigenvalue weighted by Gasteiger charge is -2.34. The van der Waals surface area contributed by atoms with Crippen molar-refractivity contribution in [2.75, 3.05) is 32.8 Å². The zero-order chi connectivity index (χ0) is 20.5. The Morgan fingerprint density at radius 2 is 1.68 bits per heavy atom. The number of benzene rings is 1. The predicted octanol–water partition coefficient (Wildman–Crippen LogP) is 0.970. The van der Waals surface area contributed by atoms with E-state index in [-0.39, 0.29) is 31.2 Å². The summed E-state index contributed by atoms with van der Waals surface area (Å²) >= 11 is 6.00. The minimum Gasteiger partial charge on any atom is -0.456 e. The molecule has 1 aromatic rings. The molecule has 28 heavy (non-hydrogen) atoms. The molecule has 9 heteroatoms. The van der Waals surface area contributed by atoms with Crippen molar-refractivity contribution < 1.29 is 23.9 Å². The van der Waals surface area contributed by atoms with Crippen molar-refractivity contribution in [1.29, 1.82) is 0 Å². The van der Waals surface area contributed by atoms with Crippen LogP contribution >= 0.6 is 11.6 Å². The average molecular weight is 410 g/mol. The Morgan fingerprint density at radius 1 is 1.04 bits per heavy atom. The quantitative estimate of drug-likeness (QED) is 0.677. The van der Waals surface area contributed by atoms with Gasteiger partial charge in [0.15, 0.2) is 6.61 Å². The van der Waals surface area contributed by atoms with Crippen LogP contribution in [-0.4, -0.2) is 66.3 Å². The Hall–Kier alpha value is -2.61. The number of piperazine rings is 1. The van der Waals surface area contributed by atoms with Crippen molar-refractivity contribution in [3.8, 4) is 0 Å². The largest absolute Gasteiger partial charge is 0.456 e. The smallest absolute Gasteiger partial charge is 0.306 e. The molecule has 0 aliphatic carbocycles. The molecule has 1 heterocycles. The first kappa shape index (κ1) is 21.7. The van der Waals surface area contributed by atoms with Gasteiger partial charge in [-0.15, -0.1) is 0 Å². The molecular formula is C19H24ClN3O5. The molecule has 0 saturated carbocycles. The van der Waals surface area contributed by atoms with E-state index >= 15 is 0 Å². The molecule has 152 valence electrons. The Kier molecular flexibility index (Phi) is 8.25. The molecule has 8 nitrogen and oxygen atoms in total. The number of rotatable bonds is 7. The maximum atomic E-state index is 12.1. The highest BCUT2D eigenvalue weighted by molar-refractivity contribution is 6.31. The third-order valence-electron chi connectivity index (χ3n) is 4.42. The summed E-state index contributed by atoms with van der Waals surface area (Å²) in [5, 5.41) is 3.16. The Labute approximate surface area is 168 Å². The van der Waals surface area contributed by atoms with E-state index in [9.17, 15) is 19.2 Å². The molecule has 2 rings (SSSR count). The van der Waals surface area contributed by atoms with Crippen molar-refractivity contribution in [2.24, 2.45) is 0 Å². The van der Waals surface area contributed by atoms with Gasteiger partial charge in [0.1, 0.15) is 0 Å². The fraction of sp³-hybridized carbons (Fsp3) is 0.474. The van der Waals surface area contributed by atoms with E-state index < -0.39 is 18.5 Å². The summed E-state index contributed by atoms with van der Waals surface area (Å²) in [4.78, 5) is 50.2. The highest BCUT2D eigenvalue weighted by Gasteiger charge is 2.22. The van der Waals surface area contributed by atoms with Crippen LogP contribution in [0.4, 0.5) is 0 Å². The Morgan fingerprint density at radius 3 is 2.32 bits per heavy atom. The highest BCUT2D eigenvalue weighted by atomic mass is 35.5. The number of ether oxygens (including phenoxy) is 1. The number of hydrogen-bond donors (Lipinski definition) is 1. The van der Waals surface area contributed by atoms with Crippen LogP contribution < -0.4 is 5.32 Å². The second kappa shape index (κ2) is 10.7. The fourth-order valence-electron chi connectivity index (χ4n) is 2.74. The van der Waals surface area contributed by atoms with Crippen LogP contribution in [0.3, 0.4) is 0 Å². The van der Waals surface area contributed by atoms with Gasteiger partial charge in [0.25, 0.3) is 5.91 Å². The molecule has 0 atom stereocenters. The molecule has 0 bridgehead atoms. The molecular weight excluding hydrogens is 386 g/mol. The number of amides is 3. The summed E-state index contributed by atoms with van der Waals surface area (Å²) < 4.78 is 4.90. The molecule has 1 saturated heterocycles. The summed E-state index contributed by atoms with van der Waals surface area (Å²) in [7, 11) is 0. The van der Waals surface area contributed by atoms with E-state index in [1.807, 2.05) is 6.07 Å². The van der Waals surface area contributed by atoms with Crippen molar-refractivity contribution in [3.05, 3.63) is 34.9 Å². The van der Waals surface area contributed by atoms with Crippen LogP contribution in [-0.2, 0) is 30.5 Å². The standard InChI is InChI=1S/C19H24ClN3O5/c1-14(24)22-8-10-23(11-9-22)18(26)6-7-19(27)28-13-17(25)21-12-15-4-2-3-5-16(15)20/h2-5H,6-13H2,1H3,(H,21,25). The topological polar surface area (TPSA) is 96.0 Å². The van der Waals surface area contributed by atoms with E-state index in [4.69, 9.17) is 16.3 Å². The molecule has 1 aromatic carbocycles. The number of esters is 1. The number of hydrogen-bond acceptors (Lipinski definition) is 5. The zero-order valence-corrected chi connectivity index (χ0v) is 16.5. The van der Waals surface area contributed by atoms with Gasteiger partial charge in [0.2, 0.25) is 11.8 Å². The van der Waals surface area contributed by atoms with Gasteiger partial charge in [-0.05, 0) is 11.6 Å². The number of halogens is 1. The van der Waals surface area contributed by atoms with Crippen molar-refractivity contribution in [1.82, 2.24) is 15.1 Å². The average Bonchev–Trinajstić information content (AvgIpc) is 2.69. The molecule has 1 aliphatic heterocycles. The summed E-state index contributed by atoms with van der Waals surface area (Å²) in [5.41, 5.74) is 0.763. The molecule has 3 amide bonds. The van der Waals surface area contributed by atoms with Gasteiger partial charge in [0, 0.05) is 51.1 Å². The van der Waals surface area contributed by atoms with Crippen LogP contribution in [0.25, 0.3) is 0 Å². The molecule has 1 N–H and O–H groups in total. The van der Waals surface area contributed by atoms with Crippen molar-refractivity contribution in [3.63, 3.8) is 0 Å². The van der Waals surface area contributed by atoms with Crippen LogP contribution in [0.15, 0.2) is 24.3 Å². The molecule has 1 fully saturated rings. The second-order valence-electron chi connectivity index (χ2n) is 6.42. The highest BCUT2D eigenvalue weighted by Crippen LogP contribution is 2.14. The van der Waals surface area contributed by atoms with E-state index in [1.165, 1.54) is 6.92 Å². The lowest BCUT2D eigenvalue weighted by atomic mass is 10.2. The van der Waals surface area contributed by atoms with Crippen LogP contribution in [0.5, 0.6) is 0 Å². The maximum Gasteiger partial charge on any atom is 0.306 e. The number of carbonyl (C=O) groups is 4. The van der Waals surface area contributed by atoms with Gasteiger partial charge in [-0.25, -0.2) is 0 Å². The molecule has 0 spiro atoms. The minimum absolute atomic E-state index is 0.0107. The van der Waals surface area contributed by atoms with E-state index in [0.717, 1.165) is 5.56 Å². The normalized spacial score (nSPS) is 13.8. The predicted molar refractivity (Wildman–Crippen MR) is 102 cm³/mol. The third kappa shape index (κ3) is 6.84. The lowest BCUT2D eigenvalue weighted by molar-refractivity contribution is -0.150. The number of nitrogens with zero attached hydrogens (tertiary/aromatic N) is 2. The number of carbonyl (C=O) groups excluding carboxylic acids is 4. The van der Waals surface area contributed by atoms with Crippen LogP contribution in [0.2, 0.25) is 5.02 Å². The van der Waals surface area contributed by atoms with E-state index in [0.29, 0.717) is 31.2 Å². The third-order valence-corrected chi connectivity index (χ3v) is 4.79. The summed E-state index contributed by atoms with van der Waals surface area (Å²) in [6, 6.07) is 7.11. The first-order valence-corrected chi connectivity index (χ1v) is 9.43. The van der Waals surface area contributed by atoms with Gasteiger partial charge in [-0.1, -0.05) is 29.8 Å². The second-order valence-corrected chi connectivity index (χ2v) is 6.82. The van der Waals surface area contributed by atoms with Crippen LogP contribution in [0, 0.1) is 0 Å². The van der Waals surface area contributed by atoms with Crippen LogP contribution in [0.1, 0.15) is 25.3 Å². The van der Waals surface area contributed by atoms with Gasteiger partial charge in [0.05, 0.1) is 6.42 Å². The summed E-state index contributed by atoms with van der Waals surface area (Å²) in [6.07, 6.45) is -0.0797. The van der Waals surface area contributed by atoms with Gasteiger partial charge < -0.3 is 19.9 Å². The van der Waals surface area contributed by atoms with Crippen molar-refractivity contribution in [2.45, 2.75) is 26.3 Å². The van der Waals surface area contributed by atoms with Gasteiger partial charge in [-0.3, -0.25) is 19.2 Å². The van der Waals surface area contributed by atoms with E-state index in [2.05, 4.69) is 5.32 Å². The molecule has 0 aromatic heterocycles. The lowest BCUT2D eigenvalue weighted by Crippen LogP contribution is -2.50. The van der Waals surface area contributed by atoms with Gasteiger partial charge in [-0.2, -0.15) is 0 Å².